The zero-order chi connectivity index (χ0) is 14.5. The Morgan fingerprint density at radius 1 is 1.65 bits per heavy atom. The molecule has 1 fully saturated rings. The lowest BCUT2D eigenvalue weighted by Gasteiger charge is -2.32. The molecule has 106 valence electrons. The highest BCUT2D eigenvalue weighted by Gasteiger charge is 2.29. The Balaban J connectivity index is 2.16. The molecule has 6 nitrogen and oxygen atoms in total. The van der Waals surface area contributed by atoms with Gasteiger partial charge in [-0.25, -0.2) is 0 Å². The van der Waals surface area contributed by atoms with Gasteiger partial charge < -0.3 is 14.6 Å². The van der Waals surface area contributed by atoms with Crippen molar-refractivity contribution in [3.63, 3.8) is 0 Å². The molecule has 1 aliphatic heterocycles. The van der Waals surface area contributed by atoms with Gasteiger partial charge in [0.25, 0.3) is 0 Å². The van der Waals surface area contributed by atoms with E-state index < -0.39 is 12.0 Å². The van der Waals surface area contributed by atoms with Gasteiger partial charge in [-0.05, 0) is 17.7 Å². The highest BCUT2D eigenvalue weighted by atomic mass is 16.5. The number of hydrogen-bond acceptors (Lipinski definition) is 5. The second kappa shape index (κ2) is 6.37. The summed E-state index contributed by atoms with van der Waals surface area (Å²) in [6, 6.07) is 6.73. The molecule has 1 heterocycles. The Labute approximate surface area is 117 Å². The van der Waals surface area contributed by atoms with Gasteiger partial charge in [-0.1, -0.05) is 6.07 Å². The first-order valence-corrected chi connectivity index (χ1v) is 6.27. The number of carboxylic acids is 1. The van der Waals surface area contributed by atoms with Crippen LogP contribution in [0.25, 0.3) is 0 Å². The number of rotatable bonds is 4. The largest absolute Gasteiger partial charge is 0.495 e. The fourth-order valence-corrected chi connectivity index (χ4v) is 2.23. The van der Waals surface area contributed by atoms with Crippen molar-refractivity contribution in [1.29, 1.82) is 5.26 Å². The van der Waals surface area contributed by atoms with Gasteiger partial charge >= 0.3 is 5.97 Å². The predicted octanol–water partition coefficient (Wildman–Crippen LogP) is 0.852. The lowest BCUT2D eigenvalue weighted by molar-refractivity contribution is -0.150. The minimum absolute atomic E-state index is 0.191. The molecule has 0 saturated carbocycles. The van der Waals surface area contributed by atoms with Crippen LogP contribution in [0.3, 0.4) is 0 Å². The van der Waals surface area contributed by atoms with Crippen LogP contribution in [0.1, 0.15) is 11.1 Å². The number of carboxylic acid groups (broad SMARTS) is 1. The van der Waals surface area contributed by atoms with Crippen LogP contribution in [0.5, 0.6) is 5.75 Å². The Morgan fingerprint density at radius 2 is 2.45 bits per heavy atom. The van der Waals surface area contributed by atoms with Crippen LogP contribution in [0.15, 0.2) is 18.2 Å². The highest BCUT2D eigenvalue weighted by Crippen LogP contribution is 2.21. The molecule has 20 heavy (non-hydrogen) atoms. The molecule has 0 aliphatic carbocycles. The van der Waals surface area contributed by atoms with Gasteiger partial charge in [-0.3, -0.25) is 9.69 Å². The van der Waals surface area contributed by atoms with E-state index in [2.05, 4.69) is 6.07 Å². The van der Waals surface area contributed by atoms with Crippen molar-refractivity contribution < 1.29 is 19.4 Å². The van der Waals surface area contributed by atoms with E-state index in [9.17, 15) is 9.90 Å². The number of morpholine rings is 1. The summed E-state index contributed by atoms with van der Waals surface area (Å²) >= 11 is 0. The summed E-state index contributed by atoms with van der Waals surface area (Å²) in [6.07, 6.45) is 0. The molecule has 1 aliphatic rings. The molecule has 1 N–H and O–H groups in total. The van der Waals surface area contributed by atoms with Gasteiger partial charge in [-0.15, -0.1) is 0 Å². The normalized spacial score (nSPS) is 19.3. The van der Waals surface area contributed by atoms with Crippen molar-refractivity contribution in [1.82, 2.24) is 4.90 Å². The second-order valence-corrected chi connectivity index (χ2v) is 4.55. The maximum absolute atomic E-state index is 11.2. The Morgan fingerprint density at radius 3 is 3.10 bits per heavy atom. The number of hydrogen-bond donors (Lipinski definition) is 1. The fraction of sp³-hybridized carbons (Fsp3) is 0.429. The van der Waals surface area contributed by atoms with Gasteiger partial charge in [0, 0.05) is 13.1 Å². The maximum atomic E-state index is 11.2. The standard InChI is InChI=1S/C14H16N2O4/c1-19-13-3-2-10(6-11(13)7-15)8-16-4-5-20-9-12(16)14(17)18/h2-3,6,12H,4-5,8-9H2,1H3,(H,17,18). The number of nitriles is 1. The third-order valence-corrected chi connectivity index (χ3v) is 3.29. The van der Waals surface area contributed by atoms with Crippen molar-refractivity contribution in [2.24, 2.45) is 0 Å². The van der Waals surface area contributed by atoms with E-state index in [4.69, 9.17) is 14.7 Å². The van der Waals surface area contributed by atoms with Gasteiger partial charge in [0.05, 0.1) is 25.9 Å². The van der Waals surface area contributed by atoms with Crippen LogP contribution in [-0.2, 0) is 16.1 Å². The molecule has 0 radical (unpaired) electrons. The Kier molecular flexibility index (Phi) is 4.56. The number of nitrogens with zero attached hydrogens (tertiary/aromatic N) is 2. The molecule has 1 saturated heterocycles. The van der Waals surface area contributed by atoms with Crippen molar-refractivity contribution >= 4 is 5.97 Å². The summed E-state index contributed by atoms with van der Waals surface area (Å²) in [5.74, 6) is -0.369. The van der Waals surface area contributed by atoms with E-state index in [1.165, 1.54) is 7.11 Å². The zero-order valence-electron chi connectivity index (χ0n) is 11.2. The number of benzene rings is 1. The second-order valence-electron chi connectivity index (χ2n) is 4.55. The molecular weight excluding hydrogens is 260 g/mol. The third kappa shape index (κ3) is 3.07. The number of carbonyl (C=O) groups is 1. The average molecular weight is 276 g/mol. The number of methoxy groups -OCH3 is 1. The molecule has 0 bridgehead atoms. The summed E-state index contributed by atoms with van der Waals surface area (Å²) in [7, 11) is 1.51. The topological polar surface area (TPSA) is 82.8 Å². The summed E-state index contributed by atoms with van der Waals surface area (Å²) in [4.78, 5) is 13.0. The van der Waals surface area contributed by atoms with Gasteiger partial charge in [0.15, 0.2) is 0 Å². The molecule has 1 atom stereocenters. The van der Waals surface area contributed by atoms with Crippen molar-refractivity contribution in [2.75, 3.05) is 26.9 Å². The molecule has 2 rings (SSSR count). The van der Waals surface area contributed by atoms with E-state index in [1.54, 1.807) is 12.1 Å². The monoisotopic (exact) mass is 276 g/mol. The van der Waals surface area contributed by atoms with Gasteiger partial charge in [0.1, 0.15) is 17.9 Å². The third-order valence-electron chi connectivity index (χ3n) is 3.29. The molecule has 6 heteroatoms. The molecule has 0 aromatic heterocycles. The molecule has 1 unspecified atom stereocenters. The van der Waals surface area contributed by atoms with Gasteiger partial charge in [0.2, 0.25) is 0 Å². The minimum Gasteiger partial charge on any atom is -0.495 e. The van der Waals surface area contributed by atoms with E-state index in [0.29, 0.717) is 31.0 Å². The predicted molar refractivity (Wildman–Crippen MR) is 70.4 cm³/mol. The quantitative estimate of drug-likeness (QED) is 0.878. The lowest BCUT2D eigenvalue weighted by Crippen LogP contribution is -2.49. The summed E-state index contributed by atoms with van der Waals surface area (Å²) < 4.78 is 10.3. The Hall–Kier alpha value is -2.10. The minimum atomic E-state index is -0.890. The molecule has 1 aromatic carbocycles. The van der Waals surface area contributed by atoms with Crippen LogP contribution in [-0.4, -0.2) is 48.9 Å². The summed E-state index contributed by atoms with van der Waals surface area (Å²) in [5, 5.41) is 18.2. The molecule has 1 aromatic rings. The summed E-state index contributed by atoms with van der Waals surface area (Å²) in [6.45, 7) is 1.74. The van der Waals surface area contributed by atoms with Crippen LogP contribution in [0, 0.1) is 11.3 Å². The Bertz CT molecular complexity index is 538. The number of ether oxygens (including phenoxy) is 2. The van der Waals surface area contributed by atoms with Crippen molar-refractivity contribution in [2.45, 2.75) is 12.6 Å². The molecule has 0 spiro atoms. The first kappa shape index (κ1) is 14.3. The SMILES string of the molecule is COc1ccc(CN2CCOCC2C(=O)O)cc1C#N. The average Bonchev–Trinajstić information content (AvgIpc) is 2.47. The summed E-state index contributed by atoms with van der Waals surface area (Å²) in [5.41, 5.74) is 1.33. The van der Waals surface area contributed by atoms with Crippen molar-refractivity contribution in [3.05, 3.63) is 29.3 Å². The van der Waals surface area contributed by atoms with Crippen LogP contribution < -0.4 is 4.74 Å². The zero-order valence-corrected chi connectivity index (χ0v) is 11.2. The van der Waals surface area contributed by atoms with E-state index in [1.807, 2.05) is 11.0 Å². The van der Waals surface area contributed by atoms with Gasteiger partial charge in [-0.2, -0.15) is 5.26 Å². The number of aliphatic carboxylic acids is 1. The van der Waals surface area contributed by atoms with Crippen LogP contribution in [0.4, 0.5) is 0 Å². The molecular formula is C14H16N2O4. The highest BCUT2D eigenvalue weighted by molar-refractivity contribution is 5.73. The molecule has 0 amide bonds. The maximum Gasteiger partial charge on any atom is 0.323 e. The van der Waals surface area contributed by atoms with Crippen LogP contribution >= 0.6 is 0 Å². The van der Waals surface area contributed by atoms with E-state index in [0.717, 1.165) is 5.56 Å². The first-order valence-electron chi connectivity index (χ1n) is 6.27. The van der Waals surface area contributed by atoms with E-state index >= 15 is 0 Å². The smallest absolute Gasteiger partial charge is 0.323 e. The fourth-order valence-electron chi connectivity index (χ4n) is 2.23. The lowest BCUT2D eigenvalue weighted by atomic mass is 10.1. The van der Waals surface area contributed by atoms with E-state index in [-0.39, 0.29) is 6.61 Å². The van der Waals surface area contributed by atoms with Crippen LogP contribution in [0.2, 0.25) is 0 Å². The van der Waals surface area contributed by atoms with Crippen molar-refractivity contribution in [3.8, 4) is 11.8 Å². The first-order chi connectivity index (χ1) is 9.65.